The Morgan fingerprint density at radius 1 is 1.19 bits per heavy atom. The van der Waals surface area contributed by atoms with Gasteiger partial charge in [0.1, 0.15) is 5.69 Å². The summed E-state index contributed by atoms with van der Waals surface area (Å²) >= 11 is 0. The monoisotopic (exact) mass is 376 g/mol. The van der Waals surface area contributed by atoms with Crippen LogP contribution in [0.1, 0.15) is 28.8 Å². The van der Waals surface area contributed by atoms with E-state index in [1.807, 2.05) is 17.9 Å². The minimum atomic E-state index is -0.434. The lowest BCUT2D eigenvalue weighted by molar-refractivity contribution is -0.384. The molecule has 1 aliphatic rings. The molecule has 0 unspecified atom stereocenters. The maximum Gasteiger partial charge on any atom is 0.293 e. The third kappa shape index (κ3) is 4.05. The van der Waals surface area contributed by atoms with E-state index in [-0.39, 0.29) is 23.7 Å². The Balaban J connectivity index is 0.00000243. The molecule has 1 saturated heterocycles. The number of hydrogen-bond acceptors (Lipinski definition) is 5. The van der Waals surface area contributed by atoms with Crippen molar-refractivity contribution in [1.82, 2.24) is 0 Å². The highest BCUT2D eigenvalue weighted by molar-refractivity contribution is 6.05. The summed E-state index contributed by atoms with van der Waals surface area (Å²) in [6, 6.07) is 9.84. The topological polar surface area (TPSA) is 102 Å². The van der Waals surface area contributed by atoms with Gasteiger partial charge in [-0.1, -0.05) is 6.07 Å². The number of nitrogens with one attached hydrogen (secondary N) is 1. The number of nitrogens with zero attached hydrogens (tertiary/aromatic N) is 2. The molecule has 1 heterocycles. The number of aryl methyl sites for hydroxylation is 1. The molecule has 1 fully saturated rings. The van der Waals surface area contributed by atoms with Crippen molar-refractivity contribution >= 4 is 41.1 Å². The second-order valence-electron chi connectivity index (χ2n) is 6.18. The highest BCUT2D eigenvalue weighted by atomic mass is 35.5. The Morgan fingerprint density at radius 2 is 1.88 bits per heavy atom. The fourth-order valence-electron chi connectivity index (χ4n) is 3.01. The van der Waals surface area contributed by atoms with E-state index < -0.39 is 10.8 Å². The van der Waals surface area contributed by atoms with Gasteiger partial charge < -0.3 is 16.0 Å². The number of nitrogen functional groups attached to an aromatic ring is 1. The molecule has 3 N–H and O–H groups in total. The number of hydrogen-bond donors (Lipinski definition) is 2. The first-order valence-electron chi connectivity index (χ1n) is 8.16. The molecule has 8 heteroatoms. The van der Waals surface area contributed by atoms with E-state index in [2.05, 4.69) is 5.32 Å². The van der Waals surface area contributed by atoms with Crippen molar-refractivity contribution in [3.8, 4) is 0 Å². The molecule has 3 rings (SSSR count). The van der Waals surface area contributed by atoms with Gasteiger partial charge in [0.15, 0.2) is 0 Å². The van der Waals surface area contributed by atoms with Crippen molar-refractivity contribution in [3.05, 3.63) is 57.6 Å². The Kier molecular flexibility index (Phi) is 6.05. The van der Waals surface area contributed by atoms with Crippen molar-refractivity contribution in [2.75, 3.05) is 29.0 Å². The van der Waals surface area contributed by atoms with Crippen LogP contribution in [0.4, 0.5) is 22.7 Å². The van der Waals surface area contributed by atoms with Gasteiger partial charge in [-0.3, -0.25) is 14.9 Å². The first-order chi connectivity index (χ1) is 12.0. The molecule has 0 spiro atoms. The number of anilines is 3. The quantitative estimate of drug-likeness (QED) is 0.480. The van der Waals surface area contributed by atoms with E-state index in [0.29, 0.717) is 17.1 Å². The first-order valence-corrected chi connectivity index (χ1v) is 8.16. The van der Waals surface area contributed by atoms with Crippen molar-refractivity contribution in [3.63, 3.8) is 0 Å². The number of rotatable bonds is 4. The van der Waals surface area contributed by atoms with Crippen LogP contribution in [0.3, 0.4) is 0 Å². The van der Waals surface area contributed by atoms with Crippen LogP contribution in [0.2, 0.25) is 0 Å². The second-order valence-corrected chi connectivity index (χ2v) is 6.18. The minimum absolute atomic E-state index is 0. The number of carbonyl (C=O) groups excluding carboxylic acids is 1. The molecule has 0 aromatic heterocycles. The molecule has 0 bridgehead atoms. The largest absolute Gasteiger partial charge is 0.399 e. The van der Waals surface area contributed by atoms with Gasteiger partial charge in [-0.15, -0.1) is 12.4 Å². The predicted octanol–water partition coefficient (Wildman–Crippen LogP) is 3.76. The van der Waals surface area contributed by atoms with Crippen LogP contribution in [0, 0.1) is 17.0 Å². The summed E-state index contributed by atoms with van der Waals surface area (Å²) in [6.45, 7) is 3.46. The lowest BCUT2D eigenvalue weighted by Crippen LogP contribution is -2.20. The van der Waals surface area contributed by atoms with Gasteiger partial charge in [0.05, 0.1) is 4.92 Å². The molecule has 0 radical (unpaired) electrons. The molecule has 1 amide bonds. The first kappa shape index (κ1) is 19.5. The van der Waals surface area contributed by atoms with E-state index in [1.165, 1.54) is 6.07 Å². The molecule has 138 valence electrons. The summed E-state index contributed by atoms with van der Waals surface area (Å²) in [7, 11) is 0. The fourth-order valence-corrected chi connectivity index (χ4v) is 3.01. The summed E-state index contributed by atoms with van der Waals surface area (Å²) in [5.41, 5.74) is 8.52. The predicted molar refractivity (Wildman–Crippen MR) is 105 cm³/mol. The molecular formula is C18H21ClN4O3. The van der Waals surface area contributed by atoms with Crippen LogP contribution in [-0.4, -0.2) is 23.9 Å². The van der Waals surface area contributed by atoms with E-state index in [4.69, 9.17) is 5.73 Å². The normalized spacial score (nSPS) is 13.2. The van der Waals surface area contributed by atoms with Gasteiger partial charge in [-0.25, -0.2) is 0 Å². The molecule has 2 aromatic rings. The van der Waals surface area contributed by atoms with Crippen molar-refractivity contribution < 1.29 is 9.72 Å². The zero-order valence-corrected chi connectivity index (χ0v) is 15.2. The number of halogens is 1. The van der Waals surface area contributed by atoms with E-state index >= 15 is 0 Å². The SMILES string of the molecule is Cc1ccc(N)cc1NC(=O)c1ccc(N2CCCC2)c([N+](=O)[O-])c1.Cl. The summed E-state index contributed by atoms with van der Waals surface area (Å²) in [5.74, 6) is -0.398. The van der Waals surface area contributed by atoms with Crippen molar-refractivity contribution in [1.29, 1.82) is 0 Å². The molecule has 0 aliphatic carbocycles. The third-order valence-corrected chi connectivity index (χ3v) is 4.39. The molecule has 7 nitrogen and oxygen atoms in total. The average Bonchev–Trinajstić information content (AvgIpc) is 3.12. The number of carbonyl (C=O) groups is 1. The summed E-state index contributed by atoms with van der Waals surface area (Å²) in [5, 5.41) is 14.2. The van der Waals surface area contributed by atoms with Crippen LogP contribution >= 0.6 is 12.4 Å². The lowest BCUT2D eigenvalue weighted by Gasteiger charge is -2.18. The maximum atomic E-state index is 12.5. The summed E-state index contributed by atoms with van der Waals surface area (Å²) in [6.07, 6.45) is 2.04. The Morgan fingerprint density at radius 3 is 2.54 bits per heavy atom. The second kappa shape index (κ2) is 8.05. The maximum absolute atomic E-state index is 12.5. The minimum Gasteiger partial charge on any atom is -0.399 e. The average molecular weight is 377 g/mol. The van der Waals surface area contributed by atoms with Crippen LogP contribution in [0.25, 0.3) is 0 Å². The van der Waals surface area contributed by atoms with Crippen LogP contribution < -0.4 is 16.0 Å². The van der Waals surface area contributed by atoms with Gasteiger partial charge in [0, 0.05) is 36.1 Å². The highest BCUT2D eigenvalue weighted by Crippen LogP contribution is 2.32. The smallest absolute Gasteiger partial charge is 0.293 e. The fraction of sp³-hybridized carbons (Fsp3) is 0.278. The number of nitro groups is 1. The van der Waals surface area contributed by atoms with Gasteiger partial charge in [0.2, 0.25) is 0 Å². The van der Waals surface area contributed by atoms with E-state index in [9.17, 15) is 14.9 Å². The Hall–Kier alpha value is -2.80. The zero-order valence-electron chi connectivity index (χ0n) is 14.4. The van der Waals surface area contributed by atoms with E-state index in [0.717, 1.165) is 31.5 Å². The van der Waals surface area contributed by atoms with Crippen LogP contribution in [0.15, 0.2) is 36.4 Å². The van der Waals surface area contributed by atoms with Gasteiger partial charge >= 0.3 is 0 Å². The number of nitrogens with two attached hydrogens (primary N) is 1. The van der Waals surface area contributed by atoms with Crippen LogP contribution in [-0.2, 0) is 0 Å². The lowest BCUT2D eigenvalue weighted by atomic mass is 10.1. The van der Waals surface area contributed by atoms with Crippen molar-refractivity contribution in [2.24, 2.45) is 0 Å². The summed E-state index contributed by atoms with van der Waals surface area (Å²) < 4.78 is 0. The molecule has 26 heavy (non-hydrogen) atoms. The van der Waals surface area contributed by atoms with Crippen molar-refractivity contribution in [2.45, 2.75) is 19.8 Å². The highest BCUT2D eigenvalue weighted by Gasteiger charge is 2.24. The molecule has 0 saturated carbocycles. The molecular weight excluding hydrogens is 356 g/mol. The zero-order chi connectivity index (χ0) is 18.0. The molecule has 2 aromatic carbocycles. The van der Waals surface area contributed by atoms with Crippen LogP contribution in [0.5, 0.6) is 0 Å². The number of nitro benzene ring substituents is 1. The van der Waals surface area contributed by atoms with Gasteiger partial charge in [0.25, 0.3) is 11.6 Å². The Labute approximate surface area is 157 Å². The molecule has 1 aliphatic heterocycles. The third-order valence-electron chi connectivity index (χ3n) is 4.39. The van der Waals surface area contributed by atoms with E-state index in [1.54, 1.807) is 24.3 Å². The van der Waals surface area contributed by atoms with Gasteiger partial charge in [-0.2, -0.15) is 0 Å². The standard InChI is InChI=1S/C18H20N4O3.ClH/c1-12-4-6-14(19)11-15(12)20-18(23)13-5-7-16(17(10-13)22(24)25)21-8-2-3-9-21;/h4-7,10-11H,2-3,8-9,19H2,1H3,(H,20,23);1H. The molecule has 0 atom stereocenters. The summed E-state index contributed by atoms with van der Waals surface area (Å²) in [4.78, 5) is 25.5. The number of benzene rings is 2. The Bertz CT molecular complexity index is 835. The van der Waals surface area contributed by atoms with Gasteiger partial charge in [-0.05, 0) is 49.6 Å². The number of amides is 1.